The number of carbonyl (C=O) groups is 1. The van der Waals surface area contributed by atoms with E-state index in [1.807, 2.05) is 30.3 Å². The Kier molecular flexibility index (Phi) is 4.50. The van der Waals surface area contributed by atoms with Gasteiger partial charge in [0.05, 0.1) is 17.0 Å². The quantitative estimate of drug-likeness (QED) is 0.510. The second-order valence-corrected chi connectivity index (χ2v) is 7.43. The summed E-state index contributed by atoms with van der Waals surface area (Å²) in [6.07, 6.45) is 0.296. The fraction of sp³-hybridized carbons (Fsp3) is 0.227. The van der Waals surface area contributed by atoms with Gasteiger partial charge >= 0.3 is 11.1 Å². The summed E-state index contributed by atoms with van der Waals surface area (Å²) in [6.45, 7) is 2.66. The van der Waals surface area contributed by atoms with E-state index in [1.165, 1.54) is 4.57 Å². The number of nitrogens with zero attached hydrogens (tertiary/aromatic N) is 4. The van der Waals surface area contributed by atoms with Crippen LogP contribution in [-0.4, -0.2) is 32.1 Å². The molecule has 0 spiro atoms. The summed E-state index contributed by atoms with van der Waals surface area (Å²) in [7, 11) is 0. The molecule has 0 radical (unpaired) electrons. The zero-order valence-corrected chi connectivity index (χ0v) is 16.7. The van der Waals surface area contributed by atoms with Gasteiger partial charge in [-0.2, -0.15) is 4.98 Å². The molecule has 2 aromatic carbocycles. The highest BCUT2D eigenvalue weighted by Gasteiger charge is 2.35. The van der Waals surface area contributed by atoms with E-state index in [1.54, 1.807) is 30.0 Å². The van der Waals surface area contributed by atoms with Crippen LogP contribution < -0.4 is 16.0 Å². The van der Waals surface area contributed by atoms with Gasteiger partial charge < -0.3 is 19.0 Å². The third-order valence-electron chi connectivity index (χ3n) is 5.53. The first-order valence-electron chi connectivity index (χ1n) is 10.0. The topological polar surface area (TPSA) is 114 Å². The summed E-state index contributed by atoms with van der Waals surface area (Å²) in [6, 6.07) is 14.7. The molecule has 2 aromatic heterocycles. The number of aromatic nitrogens is 4. The molecular weight excluding hydrogens is 398 g/mol. The normalized spacial score (nSPS) is 16.4. The van der Waals surface area contributed by atoms with Crippen LogP contribution >= 0.6 is 0 Å². The maximum absolute atomic E-state index is 12.5. The third-order valence-corrected chi connectivity index (χ3v) is 5.53. The Morgan fingerprint density at radius 1 is 1.13 bits per heavy atom. The lowest BCUT2D eigenvalue weighted by Gasteiger charge is -2.15. The number of hydrogen-bond acceptors (Lipinski definition) is 6. The summed E-state index contributed by atoms with van der Waals surface area (Å²) in [5.74, 6) is 0.572. The molecule has 3 heterocycles. The average molecular weight is 417 g/mol. The zero-order valence-electron chi connectivity index (χ0n) is 16.7. The van der Waals surface area contributed by atoms with E-state index in [-0.39, 0.29) is 11.8 Å². The van der Waals surface area contributed by atoms with Crippen LogP contribution in [-0.2, 0) is 11.3 Å². The van der Waals surface area contributed by atoms with E-state index >= 15 is 0 Å². The number of anilines is 1. The Bertz CT molecular complexity index is 1400. The van der Waals surface area contributed by atoms with Crippen molar-refractivity contribution in [2.75, 3.05) is 11.4 Å². The van der Waals surface area contributed by atoms with Gasteiger partial charge in [0.15, 0.2) is 0 Å². The van der Waals surface area contributed by atoms with Gasteiger partial charge in [0, 0.05) is 30.8 Å². The van der Waals surface area contributed by atoms with Crippen LogP contribution in [0.1, 0.15) is 25.2 Å². The maximum atomic E-state index is 12.5. The number of aromatic amines is 1. The number of hydrogen-bond donors (Lipinski definition) is 1. The van der Waals surface area contributed by atoms with Crippen molar-refractivity contribution < 1.29 is 9.32 Å². The first-order valence-corrected chi connectivity index (χ1v) is 10.0. The monoisotopic (exact) mass is 417 g/mol. The highest BCUT2D eigenvalue weighted by molar-refractivity contribution is 5.96. The molecule has 31 heavy (non-hydrogen) atoms. The number of benzene rings is 2. The van der Waals surface area contributed by atoms with Gasteiger partial charge in [0.2, 0.25) is 17.6 Å². The van der Waals surface area contributed by atoms with E-state index < -0.39 is 11.1 Å². The first-order chi connectivity index (χ1) is 15.0. The van der Waals surface area contributed by atoms with Gasteiger partial charge in [-0.1, -0.05) is 23.4 Å². The molecule has 1 amide bonds. The molecule has 1 unspecified atom stereocenters. The van der Waals surface area contributed by atoms with Crippen LogP contribution in [0.25, 0.3) is 22.4 Å². The molecule has 156 valence electrons. The number of para-hydroxylation sites is 1. The molecule has 0 aliphatic carbocycles. The Labute approximate surface area is 175 Å². The van der Waals surface area contributed by atoms with Crippen molar-refractivity contribution in [1.29, 1.82) is 0 Å². The van der Waals surface area contributed by atoms with Gasteiger partial charge in [-0.25, -0.2) is 0 Å². The molecule has 1 aliphatic heterocycles. The lowest BCUT2D eigenvalue weighted by molar-refractivity contribution is -0.117. The first kappa shape index (κ1) is 19.0. The average Bonchev–Trinajstić information content (AvgIpc) is 3.42. The predicted molar refractivity (Wildman–Crippen MR) is 114 cm³/mol. The fourth-order valence-electron chi connectivity index (χ4n) is 3.98. The van der Waals surface area contributed by atoms with Crippen molar-refractivity contribution >= 4 is 22.6 Å². The Morgan fingerprint density at radius 3 is 2.71 bits per heavy atom. The summed E-state index contributed by atoms with van der Waals surface area (Å²) in [4.78, 5) is 45.3. The molecule has 1 N–H and O–H groups in total. The van der Waals surface area contributed by atoms with Crippen molar-refractivity contribution in [2.24, 2.45) is 0 Å². The predicted octanol–water partition coefficient (Wildman–Crippen LogP) is 2.28. The van der Waals surface area contributed by atoms with Gasteiger partial charge in [-0.15, -0.1) is 0 Å². The summed E-state index contributed by atoms with van der Waals surface area (Å²) < 4.78 is 6.89. The van der Waals surface area contributed by atoms with Crippen LogP contribution in [0.4, 0.5) is 5.69 Å². The van der Waals surface area contributed by atoms with E-state index in [4.69, 9.17) is 4.52 Å². The second-order valence-electron chi connectivity index (χ2n) is 7.43. The number of rotatable bonds is 4. The summed E-state index contributed by atoms with van der Waals surface area (Å²) >= 11 is 0. The van der Waals surface area contributed by atoms with Crippen molar-refractivity contribution in [1.82, 2.24) is 19.7 Å². The molecule has 4 aromatic rings. The van der Waals surface area contributed by atoms with Gasteiger partial charge in [-0.05, 0) is 37.3 Å². The summed E-state index contributed by atoms with van der Waals surface area (Å²) in [5.41, 5.74) is 1.36. The molecule has 0 saturated carbocycles. The molecule has 1 saturated heterocycles. The van der Waals surface area contributed by atoms with Crippen LogP contribution in [0.15, 0.2) is 62.6 Å². The molecule has 1 aliphatic rings. The molecule has 1 atom stereocenters. The standard InChI is InChI=1S/C22H19N5O4/c1-2-26-17-9-8-13(10-16(17)23-20(29)22(26)30)19-24-21(31-25-19)14-11-18(28)27(12-14)15-6-4-3-5-7-15/h3-10,14H,2,11-12H2,1H3,(H,23,29). The molecular formula is C22H19N5O4. The highest BCUT2D eigenvalue weighted by atomic mass is 16.5. The maximum Gasteiger partial charge on any atom is 0.316 e. The number of amides is 1. The van der Waals surface area contributed by atoms with Gasteiger partial charge in [0.25, 0.3) is 0 Å². The van der Waals surface area contributed by atoms with E-state index in [2.05, 4.69) is 15.1 Å². The largest absolute Gasteiger partial charge is 0.339 e. The van der Waals surface area contributed by atoms with E-state index in [0.717, 1.165) is 5.69 Å². The minimum atomic E-state index is -0.675. The van der Waals surface area contributed by atoms with Crippen LogP contribution in [0, 0.1) is 0 Å². The van der Waals surface area contributed by atoms with Crippen LogP contribution in [0.5, 0.6) is 0 Å². The van der Waals surface area contributed by atoms with Crippen LogP contribution in [0.3, 0.4) is 0 Å². The van der Waals surface area contributed by atoms with Gasteiger partial charge in [-0.3, -0.25) is 14.4 Å². The third kappa shape index (κ3) is 3.24. The lowest BCUT2D eigenvalue weighted by atomic mass is 10.1. The van der Waals surface area contributed by atoms with Crippen LogP contribution in [0.2, 0.25) is 0 Å². The van der Waals surface area contributed by atoms with Crippen molar-refractivity contribution in [3.63, 3.8) is 0 Å². The van der Waals surface area contributed by atoms with E-state index in [0.29, 0.717) is 47.8 Å². The SMILES string of the molecule is CCn1c(=O)c(=O)[nH]c2cc(-c3noc(C4CC(=O)N(c5ccccc5)C4)n3)ccc21. The number of carbonyl (C=O) groups excluding carboxylic acids is 1. The Hall–Kier alpha value is -4.01. The second kappa shape index (κ2) is 7.35. The minimum absolute atomic E-state index is 0.0109. The van der Waals surface area contributed by atoms with Crippen molar-refractivity contribution in [3.8, 4) is 11.4 Å². The number of aryl methyl sites for hydroxylation is 1. The fourth-order valence-corrected chi connectivity index (χ4v) is 3.98. The smallest absolute Gasteiger partial charge is 0.316 e. The molecule has 5 rings (SSSR count). The molecule has 9 nitrogen and oxygen atoms in total. The number of fused-ring (bicyclic) bond motifs is 1. The zero-order chi connectivity index (χ0) is 21.5. The Morgan fingerprint density at radius 2 is 1.94 bits per heavy atom. The molecule has 1 fully saturated rings. The number of nitrogens with one attached hydrogen (secondary N) is 1. The molecule has 0 bridgehead atoms. The Balaban J connectivity index is 1.45. The number of H-pyrrole nitrogens is 1. The van der Waals surface area contributed by atoms with Crippen molar-refractivity contribution in [3.05, 3.63) is 75.1 Å². The lowest BCUT2D eigenvalue weighted by Crippen LogP contribution is -2.35. The highest BCUT2D eigenvalue weighted by Crippen LogP contribution is 2.32. The van der Waals surface area contributed by atoms with Gasteiger partial charge in [0.1, 0.15) is 0 Å². The molecule has 9 heteroatoms. The minimum Gasteiger partial charge on any atom is -0.339 e. The van der Waals surface area contributed by atoms with Crippen molar-refractivity contribution in [2.45, 2.75) is 25.8 Å². The summed E-state index contributed by atoms with van der Waals surface area (Å²) in [5, 5.41) is 4.07. The van der Waals surface area contributed by atoms with E-state index in [9.17, 15) is 14.4 Å².